The number of hydrogen-bond acceptors (Lipinski definition) is 4. The highest BCUT2D eigenvalue weighted by atomic mass is 16.2. The molecular formula is C17H20N4O. The minimum absolute atomic E-state index is 0.0407. The van der Waals surface area contributed by atoms with Gasteiger partial charge in [0, 0.05) is 20.3 Å². The van der Waals surface area contributed by atoms with Gasteiger partial charge in [-0.1, -0.05) is 24.3 Å². The molecule has 0 spiro atoms. The smallest absolute Gasteiger partial charge is 0.254 e. The summed E-state index contributed by atoms with van der Waals surface area (Å²) < 4.78 is 0. The standard InChI is InChI=1S/C17H20N4O/c1-21(2)17(22)12-7-8-15(19-10-12)20-14-9-11-5-3-4-6-13(11)16(14)18/h3-8,10,14,16H,9,18H2,1-2H3,(H,19,20)/t14-,16-/m1/s1. The maximum atomic E-state index is 11.8. The van der Waals surface area contributed by atoms with Gasteiger partial charge in [0.05, 0.1) is 17.6 Å². The van der Waals surface area contributed by atoms with Crippen LogP contribution < -0.4 is 11.1 Å². The Hall–Kier alpha value is -2.40. The molecule has 0 radical (unpaired) electrons. The first kappa shape index (κ1) is 14.5. The Kier molecular flexibility index (Phi) is 3.81. The van der Waals surface area contributed by atoms with E-state index in [-0.39, 0.29) is 18.0 Å². The zero-order chi connectivity index (χ0) is 15.7. The highest BCUT2D eigenvalue weighted by Crippen LogP contribution is 2.31. The number of aromatic nitrogens is 1. The molecule has 0 fully saturated rings. The molecule has 1 aliphatic rings. The van der Waals surface area contributed by atoms with Crippen LogP contribution in [0.5, 0.6) is 0 Å². The molecule has 1 aromatic carbocycles. The zero-order valence-corrected chi connectivity index (χ0v) is 12.8. The SMILES string of the molecule is CN(C)C(=O)c1ccc(N[C@@H]2Cc3ccccc3[C@H]2N)nc1. The molecule has 22 heavy (non-hydrogen) atoms. The highest BCUT2D eigenvalue weighted by molar-refractivity contribution is 5.93. The molecule has 1 aliphatic carbocycles. The number of benzene rings is 1. The molecule has 0 saturated carbocycles. The van der Waals surface area contributed by atoms with E-state index in [0.717, 1.165) is 12.2 Å². The van der Waals surface area contributed by atoms with Crippen LogP contribution in [0.25, 0.3) is 0 Å². The van der Waals surface area contributed by atoms with Gasteiger partial charge in [0.25, 0.3) is 5.91 Å². The number of carbonyl (C=O) groups excluding carboxylic acids is 1. The molecule has 0 aliphatic heterocycles. The summed E-state index contributed by atoms with van der Waals surface area (Å²) in [4.78, 5) is 17.7. The van der Waals surface area contributed by atoms with Gasteiger partial charge in [0.1, 0.15) is 5.82 Å². The molecule has 3 rings (SSSR count). The molecule has 114 valence electrons. The minimum atomic E-state index is -0.0518. The van der Waals surface area contributed by atoms with E-state index in [4.69, 9.17) is 5.73 Å². The Morgan fingerprint density at radius 1 is 1.27 bits per heavy atom. The number of nitrogens with one attached hydrogen (secondary N) is 1. The number of hydrogen-bond donors (Lipinski definition) is 2. The lowest BCUT2D eigenvalue weighted by molar-refractivity contribution is 0.0827. The van der Waals surface area contributed by atoms with Crippen molar-refractivity contribution in [3.05, 3.63) is 59.3 Å². The lowest BCUT2D eigenvalue weighted by Gasteiger charge is -2.18. The van der Waals surface area contributed by atoms with Crippen LogP contribution in [0.1, 0.15) is 27.5 Å². The summed E-state index contributed by atoms with van der Waals surface area (Å²) in [5.74, 6) is 0.688. The van der Waals surface area contributed by atoms with E-state index in [0.29, 0.717) is 5.56 Å². The molecule has 5 heteroatoms. The lowest BCUT2D eigenvalue weighted by Crippen LogP contribution is -2.30. The van der Waals surface area contributed by atoms with Gasteiger partial charge in [-0.3, -0.25) is 4.79 Å². The first-order valence-electron chi connectivity index (χ1n) is 7.34. The van der Waals surface area contributed by atoms with E-state index in [9.17, 15) is 4.79 Å². The number of anilines is 1. The van der Waals surface area contributed by atoms with Crippen LogP contribution in [-0.2, 0) is 6.42 Å². The molecule has 5 nitrogen and oxygen atoms in total. The molecule has 2 aromatic rings. The van der Waals surface area contributed by atoms with Gasteiger partial charge >= 0.3 is 0 Å². The average molecular weight is 296 g/mol. The van der Waals surface area contributed by atoms with Crippen molar-refractivity contribution in [2.24, 2.45) is 5.73 Å². The van der Waals surface area contributed by atoms with Crippen LogP contribution in [0.15, 0.2) is 42.6 Å². The summed E-state index contributed by atoms with van der Waals surface area (Å²) >= 11 is 0. The summed E-state index contributed by atoms with van der Waals surface area (Å²) in [7, 11) is 3.45. The Morgan fingerprint density at radius 2 is 2.05 bits per heavy atom. The maximum Gasteiger partial charge on any atom is 0.254 e. The lowest BCUT2D eigenvalue weighted by atomic mass is 10.1. The van der Waals surface area contributed by atoms with Crippen molar-refractivity contribution in [3.63, 3.8) is 0 Å². The molecule has 0 unspecified atom stereocenters. The van der Waals surface area contributed by atoms with Crippen molar-refractivity contribution in [1.82, 2.24) is 9.88 Å². The van der Waals surface area contributed by atoms with Crippen molar-refractivity contribution in [2.45, 2.75) is 18.5 Å². The number of pyridine rings is 1. The molecule has 0 saturated heterocycles. The fourth-order valence-electron chi connectivity index (χ4n) is 2.82. The van der Waals surface area contributed by atoms with Crippen molar-refractivity contribution in [3.8, 4) is 0 Å². The van der Waals surface area contributed by atoms with E-state index < -0.39 is 0 Å². The van der Waals surface area contributed by atoms with Crippen LogP contribution in [0.3, 0.4) is 0 Å². The monoisotopic (exact) mass is 296 g/mol. The third-order valence-electron chi connectivity index (χ3n) is 4.04. The van der Waals surface area contributed by atoms with E-state index in [2.05, 4.69) is 22.4 Å². The largest absolute Gasteiger partial charge is 0.365 e. The van der Waals surface area contributed by atoms with Crippen LogP contribution in [0.4, 0.5) is 5.82 Å². The van der Waals surface area contributed by atoms with Crippen LogP contribution in [-0.4, -0.2) is 35.9 Å². The third-order valence-corrected chi connectivity index (χ3v) is 4.04. The van der Waals surface area contributed by atoms with Crippen LogP contribution in [0, 0.1) is 0 Å². The third kappa shape index (κ3) is 2.67. The second-order valence-corrected chi connectivity index (χ2v) is 5.81. The second kappa shape index (κ2) is 5.77. The predicted molar refractivity (Wildman–Crippen MR) is 86.7 cm³/mol. The van der Waals surface area contributed by atoms with Gasteiger partial charge in [-0.05, 0) is 29.7 Å². The van der Waals surface area contributed by atoms with Gasteiger partial charge in [-0.15, -0.1) is 0 Å². The molecular weight excluding hydrogens is 276 g/mol. The number of rotatable bonds is 3. The number of amides is 1. The highest BCUT2D eigenvalue weighted by Gasteiger charge is 2.29. The van der Waals surface area contributed by atoms with Crippen LogP contribution >= 0.6 is 0 Å². The summed E-state index contributed by atoms with van der Waals surface area (Å²) in [6, 6.07) is 11.9. The van der Waals surface area contributed by atoms with Gasteiger partial charge < -0.3 is 16.0 Å². The van der Waals surface area contributed by atoms with Crippen molar-refractivity contribution < 1.29 is 4.79 Å². The number of nitrogens with two attached hydrogens (primary N) is 1. The summed E-state index contributed by atoms with van der Waals surface area (Å²) in [5.41, 5.74) is 9.36. The first-order chi connectivity index (χ1) is 10.6. The average Bonchev–Trinajstić information content (AvgIpc) is 2.84. The Morgan fingerprint density at radius 3 is 2.68 bits per heavy atom. The van der Waals surface area contributed by atoms with Crippen molar-refractivity contribution in [2.75, 3.05) is 19.4 Å². The Balaban J connectivity index is 1.71. The summed E-state index contributed by atoms with van der Waals surface area (Å²) in [6.45, 7) is 0. The van der Waals surface area contributed by atoms with Crippen molar-refractivity contribution in [1.29, 1.82) is 0 Å². The molecule has 3 N–H and O–H groups in total. The normalized spacial score (nSPS) is 19.6. The van der Waals surface area contributed by atoms with E-state index in [1.807, 2.05) is 18.2 Å². The molecule has 1 amide bonds. The van der Waals surface area contributed by atoms with Gasteiger partial charge in [-0.2, -0.15) is 0 Å². The summed E-state index contributed by atoms with van der Waals surface area (Å²) in [6.07, 6.45) is 2.48. The molecule has 2 atom stereocenters. The van der Waals surface area contributed by atoms with E-state index in [1.54, 1.807) is 26.4 Å². The number of fused-ring (bicyclic) bond motifs is 1. The predicted octanol–water partition coefficient (Wildman–Crippen LogP) is 1.82. The van der Waals surface area contributed by atoms with Crippen molar-refractivity contribution >= 4 is 11.7 Å². The van der Waals surface area contributed by atoms with Crippen LogP contribution in [0.2, 0.25) is 0 Å². The first-order valence-corrected chi connectivity index (χ1v) is 7.34. The maximum absolute atomic E-state index is 11.8. The molecule has 1 aromatic heterocycles. The topological polar surface area (TPSA) is 71.2 Å². The van der Waals surface area contributed by atoms with Gasteiger partial charge in [0.2, 0.25) is 0 Å². The van der Waals surface area contributed by atoms with E-state index >= 15 is 0 Å². The number of nitrogens with zero attached hydrogens (tertiary/aromatic N) is 2. The fourth-order valence-corrected chi connectivity index (χ4v) is 2.82. The Bertz CT molecular complexity index is 681. The number of carbonyl (C=O) groups is 1. The zero-order valence-electron chi connectivity index (χ0n) is 12.8. The molecule has 1 heterocycles. The summed E-state index contributed by atoms with van der Waals surface area (Å²) in [5, 5.41) is 3.37. The minimum Gasteiger partial charge on any atom is -0.365 e. The second-order valence-electron chi connectivity index (χ2n) is 5.81. The Labute approximate surface area is 130 Å². The quantitative estimate of drug-likeness (QED) is 0.906. The fraction of sp³-hybridized carbons (Fsp3) is 0.294. The van der Waals surface area contributed by atoms with E-state index in [1.165, 1.54) is 16.0 Å². The van der Waals surface area contributed by atoms with Gasteiger partial charge in [0.15, 0.2) is 0 Å². The van der Waals surface area contributed by atoms with Gasteiger partial charge in [-0.25, -0.2) is 4.98 Å². The molecule has 0 bridgehead atoms.